The molecule has 2 aromatic rings. The Kier molecular flexibility index (Phi) is 6.46. The summed E-state index contributed by atoms with van der Waals surface area (Å²) < 4.78 is 27.7. The third-order valence-corrected chi connectivity index (χ3v) is 8.46. The number of fused-ring (bicyclic) bond motifs is 1. The average Bonchev–Trinajstić information content (AvgIpc) is 2.78. The van der Waals surface area contributed by atoms with Gasteiger partial charge in [0.05, 0.1) is 4.90 Å². The van der Waals surface area contributed by atoms with Gasteiger partial charge < -0.3 is 5.32 Å². The van der Waals surface area contributed by atoms with Crippen molar-refractivity contribution in [3.05, 3.63) is 64.2 Å². The van der Waals surface area contributed by atoms with E-state index < -0.39 is 10.0 Å². The molecular formula is C23H27ClN2O3S. The molecule has 2 aromatic carbocycles. The molecule has 1 fully saturated rings. The Morgan fingerprint density at radius 2 is 1.73 bits per heavy atom. The van der Waals surface area contributed by atoms with Crippen molar-refractivity contribution in [2.75, 3.05) is 13.1 Å². The normalized spacial score (nSPS) is 18.0. The highest BCUT2D eigenvalue weighted by atomic mass is 35.5. The van der Waals surface area contributed by atoms with Crippen LogP contribution in [0.2, 0.25) is 5.02 Å². The molecule has 160 valence electrons. The number of piperidine rings is 1. The molecule has 1 saturated heterocycles. The number of benzene rings is 2. The summed E-state index contributed by atoms with van der Waals surface area (Å²) in [6, 6.07) is 13.0. The summed E-state index contributed by atoms with van der Waals surface area (Å²) >= 11 is 6.14. The number of hydrogen-bond donors (Lipinski definition) is 1. The Labute approximate surface area is 183 Å². The number of aryl methyl sites for hydroxylation is 2. The summed E-state index contributed by atoms with van der Waals surface area (Å²) in [6.45, 7) is 1.11. The molecule has 0 saturated carbocycles. The first-order chi connectivity index (χ1) is 14.4. The molecule has 0 atom stereocenters. The number of carbonyl (C=O) groups excluding carboxylic acids is 1. The quantitative estimate of drug-likeness (QED) is 0.756. The van der Waals surface area contributed by atoms with Crippen molar-refractivity contribution >= 4 is 27.5 Å². The molecule has 1 N–H and O–H groups in total. The van der Waals surface area contributed by atoms with Gasteiger partial charge in [0.25, 0.3) is 0 Å². The largest absolute Gasteiger partial charge is 0.352 e. The average molecular weight is 447 g/mol. The molecule has 1 aliphatic carbocycles. The monoisotopic (exact) mass is 446 g/mol. The van der Waals surface area contributed by atoms with Gasteiger partial charge in [0, 0.05) is 30.6 Å². The lowest BCUT2D eigenvalue weighted by Crippen LogP contribution is -2.42. The Hall–Kier alpha value is -1.89. The van der Waals surface area contributed by atoms with Gasteiger partial charge in [0.15, 0.2) is 0 Å². The van der Waals surface area contributed by atoms with E-state index >= 15 is 0 Å². The fourth-order valence-corrected chi connectivity index (χ4v) is 6.07. The van der Waals surface area contributed by atoms with Gasteiger partial charge in [-0.3, -0.25) is 4.79 Å². The van der Waals surface area contributed by atoms with Crippen LogP contribution in [0.25, 0.3) is 0 Å². The lowest BCUT2D eigenvalue weighted by molar-refractivity contribution is -0.126. The van der Waals surface area contributed by atoms with Crippen LogP contribution in [-0.2, 0) is 34.2 Å². The molecule has 2 aliphatic rings. The van der Waals surface area contributed by atoms with E-state index in [9.17, 15) is 13.2 Å². The molecule has 0 unspecified atom stereocenters. The number of nitrogens with zero attached hydrogens (tertiary/aromatic N) is 1. The van der Waals surface area contributed by atoms with E-state index in [-0.39, 0.29) is 11.8 Å². The summed E-state index contributed by atoms with van der Waals surface area (Å²) in [6.07, 6.45) is 5.32. The molecule has 0 aromatic heterocycles. The van der Waals surface area contributed by atoms with E-state index in [4.69, 9.17) is 11.6 Å². The lowest BCUT2D eigenvalue weighted by atomic mass is 9.92. The molecule has 0 spiro atoms. The van der Waals surface area contributed by atoms with E-state index in [0.717, 1.165) is 30.4 Å². The molecule has 1 heterocycles. The number of halogens is 1. The molecule has 5 nitrogen and oxygen atoms in total. The number of rotatable bonds is 5. The van der Waals surface area contributed by atoms with Crippen LogP contribution in [0.3, 0.4) is 0 Å². The SMILES string of the molecule is O=C(NCc1ccccc1Cl)C1CCN(S(=O)(=O)c2ccc3c(c2)CCCC3)CC1. The van der Waals surface area contributed by atoms with Crippen molar-refractivity contribution < 1.29 is 13.2 Å². The fourth-order valence-electron chi connectivity index (χ4n) is 4.35. The van der Waals surface area contributed by atoms with Crippen molar-refractivity contribution in [3.8, 4) is 0 Å². The summed E-state index contributed by atoms with van der Waals surface area (Å²) in [7, 11) is -3.52. The standard InChI is InChI=1S/C23H27ClN2O3S/c24-22-8-4-3-7-20(22)16-25-23(27)18-11-13-26(14-12-18)30(28,29)21-10-9-17-5-1-2-6-19(17)15-21/h3-4,7-10,15,18H,1-2,5-6,11-14,16H2,(H,25,27). The molecular weight excluding hydrogens is 420 g/mol. The maximum absolute atomic E-state index is 13.1. The van der Waals surface area contributed by atoms with Crippen LogP contribution < -0.4 is 5.32 Å². The highest BCUT2D eigenvalue weighted by molar-refractivity contribution is 7.89. The second kappa shape index (κ2) is 9.08. The van der Waals surface area contributed by atoms with E-state index in [0.29, 0.717) is 42.4 Å². The minimum Gasteiger partial charge on any atom is -0.352 e. The predicted octanol–water partition coefficient (Wildman–Crippen LogP) is 3.94. The zero-order chi connectivity index (χ0) is 21.1. The second-order valence-electron chi connectivity index (χ2n) is 8.13. The van der Waals surface area contributed by atoms with Gasteiger partial charge in [0.1, 0.15) is 0 Å². The summed E-state index contributed by atoms with van der Waals surface area (Å²) in [5.74, 6) is -0.219. The van der Waals surface area contributed by atoms with E-state index in [1.54, 1.807) is 12.1 Å². The number of nitrogens with one attached hydrogen (secondary N) is 1. The zero-order valence-electron chi connectivity index (χ0n) is 16.9. The van der Waals surface area contributed by atoms with Crippen molar-refractivity contribution in [2.24, 2.45) is 5.92 Å². The van der Waals surface area contributed by atoms with Crippen LogP contribution in [0.5, 0.6) is 0 Å². The van der Waals surface area contributed by atoms with Gasteiger partial charge in [0.2, 0.25) is 15.9 Å². The summed E-state index contributed by atoms with van der Waals surface area (Å²) in [5, 5.41) is 3.57. The first-order valence-electron chi connectivity index (χ1n) is 10.6. The highest BCUT2D eigenvalue weighted by Gasteiger charge is 2.32. The van der Waals surface area contributed by atoms with Crippen LogP contribution in [0.1, 0.15) is 42.4 Å². The number of carbonyl (C=O) groups is 1. The predicted molar refractivity (Wildman–Crippen MR) is 118 cm³/mol. The molecule has 0 radical (unpaired) electrons. The Morgan fingerprint density at radius 1 is 1.03 bits per heavy atom. The van der Waals surface area contributed by atoms with Gasteiger partial charge >= 0.3 is 0 Å². The Bertz CT molecular complexity index is 1030. The van der Waals surface area contributed by atoms with E-state index in [2.05, 4.69) is 5.32 Å². The van der Waals surface area contributed by atoms with Gasteiger partial charge in [-0.15, -0.1) is 0 Å². The van der Waals surface area contributed by atoms with Crippen molar-refractivity contribution in [2.45, 2.75) is 50.0 Å². The second-order valence-corrected chi connectivity index (χ2v) is 10.5. The van der Waals surface area contributed by atoms with Crippen molar-refractivity contribution in [1.29, 1.82) is 0 Å². The first-order valence-corrected chi connectivity index (χ1v) is 12.4. The van der Waals surface area contributed by atoms with Crippen LogP contribution in [0.15, 0.2) is 47.4 Å². The van der Waals surface area contributed by atoms with Crippen molar-refractivity contribution in [1.82, 2.24) is 9.62 Å². The topological polar surface area (TPSA) is 66.5 Å². The lowest BCUT2D eigenvalue weighted by Gasteiger charge is -2.31. The van der Waals surface area contributed by atoms with Crippen LogP contribution in [0, 0.1) is 5.92 Å². The van der Waals surface area contributed by atoms with Crippen LogP contribution in [-0.4, -0.2) is 31.7 Å². The third-order valence-electron chi connectivity index (χ3n) is 6.19. The minimum atomic E-state index is -3.52. The van der Waals surface area contributed by atoms with Gasteiger partial charge in [-0.05, 0) is 73.4 Å². The highest BCUT2D eigenvalue weighted by Crippen LogP contribution is 2.28. The Balaban J connectivity index is 1.35. The third kappa shape index (κ3) is 4.56. The summed E-state index contributed by atoms with van der Waals surface area (Å²) in [4.78, 5) is 12.9. The van der Waals surface area contributed by atoms with Gasteiger partial charge in [-0.25, -0.2) is 8.42 Å². The Morgan fingerprint density at radius 3 is 2.47 bits per heavy atom. The fraction of sp³-hybridized carbons (Fsp3) is 0.435. The van der Waals surface area contributed by atoms with Crippen molar-refractivity contribution in [3.63, 3.8) is 0 Å². The zero-order valence-corrected chi connectivity index (χ0v) is 18.5. The van der Waals surface area contributed by atoms with Gasteiger partial charge in [-0.2, -0.15) is 4.31 Å². The van der Waals surface area contributed by atoms with Crippen LogP contribution >= 0.6 is 11.6 Å². The maximum atomic E-state index is 13.1. The number of amides is 1. The molecule has 4 rings (SSSR count). The summed E-state index contributed by atoms with van der Waals surface area (Å²) in [5.41, 5.74) is 3.31. The molecule has 30 heavy (non-hydrogen) atoms. The molecule has 0 bridgehead atoms. The molecule has 1 aliphatic heterocycles. The minimum absolute atomic E-state index is 0.0410. The van der Waals surface area contributed by atoms with E-state index in [1.165, 1.54) is 16.3 Å². The van der Waals surface area contributed by atoms with Gasteiger partial charge in [-0.1, -0.05) is 35.9 Å². The number of sulfonamides is 1. The number of hydrogen-bond acceptors (Lipinski definition) is 3. The maximum Gasteiger partial charge on any atom is 0.243 e. The van der Waals surface area contributed by atoms with E-state index in [1.807, 2.05) is 30.3 Å². The molecule has 1 amide bonds. The van der Waals surface area contributed by atoms with Crippen LogP contribution in [0.4, 0.5) is 0 Å². The molecule has 7 heteroatoms. The smallest absolute Gasteiger partial charge is 0.243 e. The first kappa shape index (κ1) is 21.3.